The molecule has 1 aliphatic rings. The molecule has 35 heavy (non-hydrogen) atoms. The number of thioether (sulfide) groups is 1. The van der Waals surface area contributed by atoms with E-state index in [0.29, 0.717) is 5.56 Å². The fourth-order valence-corrected chi connectivity index (χ4v) is 4.06. The Morgan fingerprint density at radius 1 is 1.06 bits per heavy atom. The number of carbonyl (C=O) groups is 5. The molecule has 5 amide bonds. The summed E-state index contributed by atoms with van der Waals surface area (Å²) in [5.41, 5.74) is -3.34. The molecule has 2 aromatic carbocycles. The summed E-state index contributed by atoms with van der Waals surface area (Å²) in [5.74, 6) is -2.06. The predicted molar refractivity (Wildman–Crippen MR) is 119 cm³/mol. The second-order valence-corrected chi connectivity index (χ2v) is 8.83. The maximum atomic E-state index is 12.8. The van der Waals surface area contributed by atoms with Crippen molar-refractivity contribution in [3.05, 3.63) is 64.7 Å². The third-order valence-electron chi connectivity index (χ3n) is 5.24. The zero-order valence-electron chi connectivity index (χ0n) is 18.3. The average molecular weight is 507 g/mol. The highest BCUT2D eigenvalue weighted by Gasteiger charge is 2.38. The van der Waals surface area contributed by atoms with Gasteiger partial charge in [-0.3, -0.25) is 34.2 Å². The molecule has 0 spiro atoms. The number of benzene rings is 2. The highest BCUT2D eigenvalue weighted by atomic mass is 32.2. The lowest BCUT2D eigenvalue weighted by Crippen LogP contribution is -2.38. The molecule has 0 aliphatic carbocycles. The Hall–Kier alpha value is -3.67. The van der Waals surface area contributed by atoms with Crippen LogP contribution in [0.1, 0.15) is 56.4 Å². The third-order valence-corrected chi connectivity index (χ3v) is 5.97. The summed E-state index contributed by atoms with van der Waals surface area (Å²) in [5, 5.41) is 4.62. The topological polar surface area (TPSA) is 113 Å². The molecule has 0 fully saturated rings. The van der Waals surface area contributed by atoms with Crippen LogP contribution in [0.15, 0.2) is 47.4 Å². The van der Waals surface area contributed by atoms with E-state index in [1.165, 1.54) is 36.4 Å². The molecule has 0 aromatic heterocycles. The van der Waals surface area contributed by atoms with Gasteiger partial charge in [-0.1, -0.05) is 6.07 Å². The number of alkyl halides is 3. The molecule has 0 saturated heterocycles. The number of fused-ring (bicyclic) bond motifs is 1. The normalized spacial score (nSPS) is 13.9. The Morgan fingerprint density at radius 3 is 2.34 bits per heavy atom. The van der Waals surface area contributed by atoms with Gasteiger partial charge in [0, 0.05) is 29.5 Å². The number of nitrogens with one attached hydrogen (secondary N) is 2. The molecule has 8 nitrogen and oxygen atoms in total. The van der Waals surface area contributed by atoms with Crippen molar-refractivity contribution in [3.8, 4) is 0 Å². The zero-order chi connectivity index (χ0) is 25.8. The first-order valence-corrected chi connectivity index (χ1v) is 11.2. The van der Waals surface area contributed by atoms with Crippen LogP contribution < -0.4 is 10.6 Å². The second kappa shape index (κ2) is 10.7. The van der Waals surface area contributed by atoms with Gasteiger partial charge in [0.25, 0.3) is 17.7 Å². The Bertz CT molecular complexity index is 1170. The van der Waals surface area contributed by atoms with Gasteiger partial charge in [-0.2, -0.15) is 13.2 Å². The van der Waals surface area contributed by atoms with Crippen molar-refractivity contribution in [2.45, 2.75) is 42.8 Å². The van der Waals surface area contributed by atoms with Gasteiger partial charge >= 0.3 is 5.51 Å². The molecule has 1 aliphatic heterocycles. The summed E-state index contributed by atoms with van der Waals surface area (Å²) in [6, 6.07) is 8.93. The van der Waals surface area contributed by atoms with E-state index < -0.39 is 35.2 Å². The van der Waals surface area contributed by atoms with Crippen LogP contribution in [-0.4, -0.2) is 46.5 Å². The van der Waals surface area contributed by atoms with E-state index in [9.17, 15) is 37.1 Å². The van der Waals surface area contributed by atoms with Crippen LogP contribution in [0.4, 0.5) is 13.2 Å². The lowest BCUT2D eigenvalue weighted by molar-refractivity contribution is -0.125. The maximum Gasteiger partial charge on any atom is 0.446 e. The van der Waals surface area contributed by atoms with Gasteiger partial charge in [-0.15, -0.1) is 0 Å². The van der Waals surface area contributed by atoms with Crippen molar-refractivity contribution >= 4 is 41.8 Å². The minimum atomic E-state index is -4.42. The predicted octanol–water partition coefficient (Wildman–Crippen LogP) is 3.27. The lowest BCUT2D eigenvalue weighted by atomic mass is 10.1. The first-order valence-electron chi connectivity index (χ1n) is 10.4. The number of amides is 5. The van der Waals surface area contributed by atoms with Gasteiger partial charge in [0.1, 0.15) is 0 Å². The molecule has 2 N–H and O–H groups in total. The Labute approximate surface area is 202 Å². The molecule has 3 rings (SSSR count). The van der Waals surface area contributed by atoms with Crippen molar-refractivity contribution in [2.75, 3.05) is 0 Å². The van der Waals surface area contributed by atoms with E-state index in [4.69, 9.17) is 0 Å². The highest BCUT2D eigenvalue weighted by molar-refractivity contribution is 8.00. The minimum absolute atomic E-state index is 0.0219. The number of halogens is 3. The zero-order valence-corrected chi connectivity index (χ0v) is 19.2. The standard InChI is InChI=1S/C23H20F3N3O5S/c1-13(2-9-19(31)28-12-30)29-21(33)17-8-3-14(10-18(17)22(29)34)11-27-20(32)15-4-6-16(7-5-15)35-23(24,25)26/h3-8,10,12-13H,2,9,11H2,1H3,(H,27,32)(H,28,30,31)/t13-/m0/s1. The first-order chi connectivity index (χ1) is 16.5. The van der Waals surface area contributed by atoms with Crippen LogP contribution >= 0.6 is 11.8 Å². The van der Waals surface area contributed by atoms with E-state index in [1.807, 2.05) is 5.32 Å². The Kier molecular flexibility index (Phi) is 7.95. The smallest absolute Gasteiger partial charge is 0.348 e. The number of imide groups is 2. The summed E-state index contributed by atoms with van der Waals surface area (Å²) in [6.45, 7) is 1.64. The molecule has 0 bridgehead atoms. The van der Waals surface area contributed by atoms with Crippen LogP contribution in [0.5, 0.6) is 0 Å². The fraction of sp³-hybridized carbons (Fsp3) is 0.261. The Morgan fingerprint density at radius 2 is 1.71 bits per heavy atom. The minimum Gasteiger partial charge on any atom is -0.348 e. The number of hydrogen-bond donors (Lipinski definition) is 2. The lowest BCUT2D eigenvalue weighted by Gasteiger charge is -2.22. The van der Waals surface area contributed by atoms with Crippen molar-refractivity contribution < 1.29 is 37.1 Å². The summed E-state index contributed by atoms with van der Waals surface area (Å²) in [6.07, 6.45) is 0.395. The van der Waals surface area contributed by atoms with E-state index >= 15 is 0 Å². The quantitative estimate of drug-likeness (QED) is 0.306. The number of nitrogens with zero attached hydrogens (tertiary/aromatic N) is 1. The molecule has 1 atom stereocenters. The fourth-order valence-electron chi connectivity index (χ4n) is 3.52. The van der Waals surface area contributed by atoms with Crippen LogP contribution in [-0.2, 0) is 16.1 Å². The molecule has 0 saturated carbocycles. The number of rotatable bonds is 9. The van der Waals surface area contributed by atoms with Gasteiger partial charge in [0.2, 0.25) is 12.3 Å². The molecule has 184 valence electrons. The summed E-state index contributed by atoms with van der Waals surface area (Å²) in [4.78, 5) is 60.7. The molecule has 1 heterocycles. The van der Waals surface area contributed by atoms with Crippen LogP contribution in [0.2, 0.25) is 0 Å². The summed E-state index contributed by atoms with van der Waals surface area (Å²) >= 11 is -0.277. The average Bonchev–Trinajstić information content (AvgIpc) is 3.05. The van der Waals surface area contributed by atoms with Gasteiger partial charge in [-0.25, -0.2) is 0 Å². The summed E-state index contributed by atoms with van der Waals surface area (Å²) in [7, 11) is 0. The molecular formula is C23H20F3N3O5S. The van der Waals surface area contributed by atoms with Crippen molar-refractivity contribution in [1.82, 2.24) is 15.5 Å². The first kappa shape index (κ1) is 25.9. The highest BCUT2D eigenvalue weighted by Crippen LogP contribution is 2.36. The SMILES string of the molecule is C[C@@H](CCC(=O)NC=O)N1C(=O)c2ccc(CNC(=O)c3ccc(SC(F)(F)F)cc3)cc2C1=O. The van der Waals surface area contributed by atoms with Crippen molar-refractivity contribution in [1.29, 1.82) is 0 Å². The molecule has 0 radical (unpaired) electrons. The maximum absolute atomic E-state index is 12.8. The van der Waals surface area contributed by atoms with E-state index in [1.54, 1.807) is 13.0 Å². The summed E-state index contributed by atoms with van der Waals surface area (Å²) < 4.78 is 37.3. The molecule has 12 heteroatoms. The largest absolute Gasteiger partial charge is 0.446 e. The van der Waals surface area contributed by atoms with Gasteiger partial charge in [0.05, 0.1) is 11.1 Å². The van der Waals surface area contributed by atoms with Crippen LogP contribution in [0, 0.1) is 0 Å². The van der Waals surface area contributed by atoms with Crippen LogP contribution in [0.3, 0.4) is 0 Å². The van der Waals surface area contributed by atoms with Crippen molar-refractivity contribution in [3.63, 3.8) is 0 Å². The monoisotopic (exact) mass is 507 g/mol. The number of carbonyl (C=O) groups excluding carboxylic acids is 5. The number of hydrogen-bond acceptors (Lipinski definition) is 6. The van der Waals surface area contributed by atoms with E-state index in [-0.39, 0.29) is 59.1 Å². The second-order valence-electron chi connectivity index (χ2n) is 7.69. The van der Waals surface area contributed by atoms with Gasteiger partial charge in [-0.05, 0) is 67.1 Å². The van der Waals surface area contributed by atoms with Crippen molar-refractivity contribution in [2.24, 2.45) is 0 Å². The molecule has 0 unspecified atom stereocenters. The van der Waals surface area contributed by atoms with Gasteiger partial charge < -0.3 is 5.32 Å². The molecule has 2 aromatic rings. The van der Waals surface area contributed by atoms with E-state index in [2.05, 4.69) is 5.32 Å². The van der Waals surface area contributed by atoms with Gasteiger partial charge in [0.15, 0.2) is 0 Å². The Balaban J connectivity index is 1.62. The van der Waals surface area contributed by atoms with Crippen LogP contribution in [0.25, 0.3) is 0 Å². The molecular weight excluding hydrogens is 487 g/mol. The third kappa shape index (κ3) is 6.47. The van der Waals surface area contributed by atoms with E-state index in [0.717, 1.165) is 4.90 Å².